The lowest BCUT2D eigenvalue weighted by Crippen LogP contribution is -2.49. The smallest absolute Gasteiger partial charge is 0.254 e. The van der Waals surface area contributed by atoms with Gasteiger partial charge >= 0.3 is 0 Å². The van der Waals surface area contributed by atoms with E-state index < -0.39 is 0 Å². The molecule has 138 valence electrons. The fourth-order valence-electron chi connectivity index (χ4n) is 3.28. The minimum atomic E-state index is 0.00563. The van der Waals surface area contributed by atoms with E-state index in [0.29, 0.717) is 35.2 Å². The number of likely N-dealkylation sites (N-methyl/N-ethyl adjacent to an activating group) is 1. The molecule has 0 bridgehead atoms. The van der Waals surface area contributed by atoms with Crippen molar-refractivity contribution < 1.29 is 14.3 Å². The van der Waals surface area contributed by atoms with Gasteiger partial charge in [-0.2, -0.15) is 0 Å². The van der Waals surface area contributed by atoms with Crippen LogP contribution in [0.3, 0.4) is 0 Å². The summed E-state index contributed by atoms with van der Waals surface area (Å²) in [6, 6.07) is 13.1. The second-order valence-electron chi connectivity index (χ2n) is 6.37. The standard InChI is InChI=1S/C20H23ClN2O3/c1-22-9-10-23(20(24)15-5-4-6-16(21)11-15)13-17(22)14-7-8-18(25-2)19(12-14)26-3/h4-8,11-12,17H,9-10,13H2,1-3H3. The lowest BCUT2D eigenvalue weighted by atomic mass is 10.0. The van der Waals surface area contributed by atoms with Gasteiger partial charge in [0.05, 0.1) is 20.3 Å². The number of carbonyl (C=O) groups is 1. The molecule has 6 heteroatoms. The van der Waals surface area contributed by atoms with Crippen molar-refractivity contribution in [1.29, 1.82) is 0 Å². The molecule has 1 unspecified atom stereocenters. The molecule has 0 saturated carbocycles. The van der Waals surface area contributed by atoms with Gasteiger partial charge in [-0.1, -0.05) is 23.7 Å². The number of ether oxygens (including phenoxy) is 2. The van der Waals surface area contributed by atoms with Gasteiger partial charge in [-0.05, 0) is 42.9 Å². The first-order valence-electron chi connectivity index (χ1n) is 8.50. The van der Waals surface area contributed by atoms with Gasteiger partial charge in [0.2, 0.25) is 0 Å². The van der Waals surface area contributed by atoms with Crippen molar-refractivity contribution in [1.82, 2.24) is 9.80 Å². The normalized spacial score (nSPS) is 17.8. The lowest BCUT2D eigenvalue weighted by Gasteiger charge is -2.40. The molecule has 0 N–H and O–H groups in total. The molecule has 3 rings (SSSR count). The van der Waals surface area contributed by atoms with E-state index in [1.54, 1.807) is 38.5 Å². The zero-order chi connectivity index (χ0) is 18.7. The van der Waals surface area contributed by atoms with Crippen molar-refractivity contribution in [2.45, 2.75) is 6.04 Å². The van der Waals surface area contributed by atoms with Crippen molar-refractivity contribution in [3.05, 3.63) is 58.6 Å². The zero-order valence-corrected chi connectivity index (χ0v) is 16.0. The fraction of sp³-hybridized carbons (Fsp3) is 0.350. The van der Waals surface area contributed by atoms with Crippen LogP contribution in [-0.2, 0) is 0 Å². The van der Waals surface area contributed by atoms with E-state index in [9.17, 15) is 4.79 Å². The highest BCUT2D eigenvalue weighted by Crippen LogP contribution is 2.33. The first-order chi connectivity index (χ1) is 12.5. The summed E-state index contributed by atoms with van der Waals surface area (Å²) in [4.78, 5) is 17.0. The van der Waals surface area contributed by atoms with Gasteiger partial charge in [0, 0.05) is 30.2 Å². The molecule has 0 radical (unpaired) electrons. The van der Waals surface area contributed by atoms with Crippen LogP contribution in [0.1, 0.15) is 22.0 Å². The van der Waals surface area contributed by atoms with Crippen molar-refractivity contribution in [2.24, 2.45) is 0 Å². The van der Waals surface area contributed by atoms with Gasteiger partial charge in [-0.15, -0.1) is 0 Å². The summed E-state index contributed by atoms with van der Waals surface area (Å²) in [6.45, 7) is 2.09. The van der Waals surface area contributed by atoms with Crippen molar-refractivity contribution in [3.63, 3.8) is 0 Å². The average molecular weight is 375 g/mol. The Morgan fingerprint density at radius 1 is 1.08 bits per heavy atom. The highest BCUT2D eigenvalue weighted by atomic mass is 35.5. The molecule has 0 aliphatic carbocycles. The Morgan fingerprint density at radius 3 is 2.54 bits per heavy atom. The second-order valence-corrected chi connectivity index (χ2v) is 6.81. The number of halogens is 1. The van der Waals surface area contributed by atoms with Crippen LogP contribution in [0.2, 0.25) is 5.02 Å². The summed E-state index contributed by atoms with van der Waals surface area (Å²) >= 11 is 6.03. The molecule has 1 aliphatic rings. The minimum absolute atomic E-state index is 0.00563. The topological polar surface area (TPSA) is 42.0 Å². The van der Waals surface area contributed by atoms with E-state index in [1.807, 2.05) is 23.1 Å². The highest BCUT2D eigenvalue weighted by molar-refractivity contribution is 6.30. The maximum atomic E-state index is 12.9. The maximum absolute atomic E-state index is 12.9. The predicted octanol–water partition coefficient (Wildman–Crippen LogP) is 3.49. The van der Waals surface area contributed by atoms with Crippen LogP contribution >= 0.6 is 11.6 Å². The number of hydrogen-bond acceptors (Lipinski definition) is 4. The third-order valence-electron chi connectivity index (χ3n) is 4.80. The minimum Gasteiger partial charge on any atom is -0.493 e. The summed E-state index contributed by atoms with van der Waals surface area (Å²) in [5.74, 6) is 1.39. The summed E-state index contributed by atoms with van der Waals surface area (Å²) in [5.41, 5.74) is 1.71. The predicted molar refractivity (Wildman–Crippen MR) is 102 cm³/mol. The Morgan fingerprint density at radius 2 is 1.85 bits per heavy atom. The first-order valence-corrected chi connectivity index (χ1v) is 8.88. The summed E-state index contributed by atoms with van der Waals surface area (Å²) < 4.78 is 10.7. The van der Waals surface area contributed by atoms with Gasteiger partial charge < -0.3 is 14.4 Å². The Balaban J connectivity index is 1.83. The van der Waals surface area contributed by atoms with Crippen LogP contribution in [0.15, 0.2) is 42.5 Å². The number of piperazine rings is 1. The largest absolute Gasteiger partial charge is 0.493 e. The Labute approximate surface area is 159 Å². The first kappa shape index (κ1) is 18.5. The Hall–Kier alpha value is -2.24. The lowest BCUT2D eigenvalue weighted by molar-refractivity contribution is 0.0546. The molecule has 1 amide bonds. The molecule has 1 fully saturated rings. The van der Waals surface area contributed by atoms with Gasteiger partial charge in [0.25, 0.3) is 5.91 Å². The molecule has 1 aliphatic heterocycles. The van der Waals surface area contributed by atoms with E-state index in [4.69, 9.17) is 21.1 Å². The molecule has 1 saturated heterocycles. The van der Waals surface area contributed by atoms with Crippen LogP contribution < -0.4 is 9.47 Å². The molecule has 0 spiro atoms. The van der Waals surface area contributed by atoms with Gasteiger partial charge in [-0.3, -0.25) is 9.69 Å². The molecule has 0 aromatic heterocycles. The average Bonchev–Trinajstić information content (AvgIpc) is 2.67. The third kappa shape index (κ3) is 3.79. The van der Waals surface area contributed by atoms with Crippen LogP contribution in [-0.4, -0.2) is 56.6 Å². The van der Waals surface area contributed by atoms with E-state index in [1.165, 1.54) is 0 Å². The molecule has 1 atom stereocenters. The number of hydrogen-bond donors (Lipinski definition) is 0. The van der Waals surface area contributed by atoms with Crippen LogP contribution in [0.5, 0.6) is 11.5 Å². The molecular formula is C20H23ClN2O3. The van der Waals surface area contributed by atoms with Crippen molar-refractivity contribution >= 4 is 17.5 Å². The van der Waals surface area contributed by atoms with Gasteiger partial charge in [0.15, 0.2) is 11.5 Å². The highest BCUT2D eigenvalue weighted by Gasteiger charge is 2.29. The van der Waals surface area contributed by atoms with Crippen LogP contribution in [0, 0.1) is 0 Å². The number of carbonyl (C=O) groups excluding carboxylic acids is 1. The van der Waals surface area contributed by atoms with Gasteiger partial charge in [-0.25, -0.2) is 0 Å². The number of methoxy groups -OCH3 is 2. The van der Waals surface area contributed by atoms with E-state index in [2.05, 4.69) is 11.9 Å². The number of benzene rings is 2. The number of nitrogens with zero attached hydrogens (tertiary/aromatic N) is 2. The van der Waals surface area contributed by atoms with E-state index in [0.717, 1.165) is 12.1 Å². The molecule has 26 heavy (non-hydrogen) atoms. The summed E-state index contributed by atoms with van der Waals surface area (Å²) in [7, 11) is 5.32. The van der Waals surface area contributed by atoms with Crippen molar-refractivity contribution in [3.8, 4) is 11.5 Å². The van der Waals surface area contributed by atoms with Crippen LogP contribution in [0.4, 0.5) is 0 Å². The maximum Gasteiger partial charge on any atom is 0.254 e. The second kappa shape index (κ2) is 7.98. The van der Waals surface area contributed by atoms with Crippen molar-refractivity contribution in [2.75, 3.05) is 40.9 Å². The van der Waals surface area contributed by atoms with Crippen LogP contribution in [0.25, 0.3) is 0 Å². The molecule has 5 nitrogen and oxygen atoms in total. The molecular weight excluding hydrogens is 352 g/mol. The summed E-state index contributed by atoms with van der Waals surface area (Å²) in [5, 5.41) is 0.571. The number of amides is 1. The fourth-order valence-corrected chi connectivity index (χ4v) is 3.47. The van der Waals surface area contributed by atoms with E-state index >= 15 is 0 Å². The molecule has 2 aromatic carbocycles. The SMILES string of the molecule is COc1ccc(C2CN(C(=O)c3cccc(Cl)c3)CCN2C)cc1OC. The molecule has 2 aromatic rings. The Kier molecular flexibility index (Phi) is 5.69. The molecule has 1 heterocycles. The van der Waals surface area contributed by atoms with E-state index in [-0.39, 0.29) is 11.9 Å². The third-order valence-corrected chi connectivity index (χ3v) is 5.03. The quantitative estimate of drug-likeness (QED) is 0.821. The Bertz CT molecular complexity index is 796. The van der Waals surface area contributed by atoms with Gasteiger partial charge in [0.1, 0.15) is 0 Å². The number of rotatable bonds is 4. The monoisotopic (exact) mass is 374 g/mol. The summed E-state index contributed by atoms with van der Waals surface area (Å²) in [6.07, 6.45) is 0. The zero-order valence-electron chi connectivity index (χ0n) is 15.2.